The summed E-state index contributed by atoms with van der Waals surface area (Å²) in [6, 6.07) is 8.38. The average Bonchev–Trinajstić information content (AvgIpc) is 3.44. The average molecular weight is 688 g/mol. The van der Waals surface area contributed by atoms with Gasteiger partial charge in [-0.15, -0.1) is 0 Å². The lowest BCUT2D eigenvalue weighted by atomic mass is 9.97. The molecule has 10 nitrogen and oxygen atoms in total. The molecule has 3 N–H and O–H groups in total. The number of fused-ring (bicyclic) bond motifs is 2. The number of piperazine rings is 1. The van der Waals surface area contributed by atoms with Crippen LogP contribution in [0.1, 0.15) is 48.3 Å². The molecule has 5 aromatic rings. The SMILES string of the molecule is C=CC(=O)N1CCN(c2c(C(=O)NC)c(=O)n(-c3c(C)ccnc3C(C)C)c3c(F)c(-c4cccc5sc(N)nc45)c(Cl)cc23)C[C@H]1C. The Balaban J connectivity index is 1.79. The second-order valence-corrected chi connectivity index (χ2v) is 13.6. The van der Waals surface area contributed by atoms with Crippen molar-refractivity contribution in [3.05, 3.63) is 87.2 Å². The fourth-order valence-corrected chi connectivity index (χ4v) is 7.69. The van der Waals surface area contributed by atoms with Gasteiger partial charge in [0.1, 0.15) is 5.56 Å². The zero-order chi connectivity index (χ0) is 34.6. The molecule has 2 amide bonds. The lowest BCUT2D eigenvalue weighted by molar-refractivity contribution is -0.128. The standard InChI is InChI=1S/C35H35ClFN7O3S/c1-7-24(45)43-14-13-42(16-19(43)5)31-21-15-22(36)25(20-9-8-10-23-29(20)41-35(38)48-23)27(37)32(21)44(34(47)26(31)33(46)39-6)30-18(4)11-12-40-28(30)17(2)3/h7-12,15,17,19H,1,13-14,16H2,2-6H3,(H2,38,41)(H,39,46)/t19-/m1/s1. The van der Waals surface area contributed by atoms with Gasteiger partial charge < -0.3 is 20.9 Å². The predicted octanol–water partition coefficient (Wildman–Crippen LogP) is 6.05. The van der Waals surface area contributed by atoms with E-state index in [1.165, 1.54) is 29.0 Å². The second-order valence-electron chi connectivity index (χ2n) is 12.1. The summed E-state index contributed by atoms with van der Waals surface area (Å²) in [7, 11) is 1.44. The van der Waals surface area contributed by atoms with E-state index in [4.69, 9.17) is 17.3 Å². The fourth-order valence-electron chi connectivity index (χ4n) is 6.63. The smallest absolute Gasteiger partial charge is 0.270 e. The van der Waals surface area contributed by atoms with Crippen LogP contribution in [0, 0.1) is 12.7 Å². The lowest BCUT2D eigenvalue weighted by Crippen LogP contribution is -2.54. The first kappa shape index (κ1) is 33.1. The van der Waals surface area contributed by atoms with E-state index in [0.717, 1.165) is 4.70 Å². The normalized spacial score (nSPS) is 15.0. The number of aryl methyl sites for hydroxylation is 1. The van der Waals surface area contributed by atoms with E-state index in [9.17, 15) is 14.4 Å². The first-order chi connectivity index (χ1) is 22.9. The molecule has 2 aromatic carbocycles. The van der Waals surface area contributed by atoms with Gasteiger partial charge in [0.25, 0.3) is 11.5 Å². The minimum absolute atomic E-state index is 0.0502. The summed E-state index contributed by atoms with van der Waals surface area (Å²) in [6.45, 7) is 12.0. The summed E-state index contributed by atoms with van der Waals surface area (Å²) in [6.07, 6.45) is 2.90. The Hall–Kier alpha value is -4.81. The van der Waals surface area contributed by atoms with Crippen molar-refractivity contribution in [2.24, 2.45) is 0 Å². The van der Waals surface area contributed by atoms with E-state index in [1.54, 1.807) is 35.4 Å². The van der Waals surface area contributed by atoms with Gasteiger partial charge in [0, 0.05) is 55.4 Å². The highest BCUT2D eigenvalue weighted by molar-refractivity contribution is 7.22. The quantitative estimate of drug-likeness (QED) is 0.208. The molecule has 1 fully saturated rings. The number of hydrogen-bond acceptors (Lipinski definition) is 8. The van der Waals surface area contributed by atoms with Crippen LogP contribution in [0.2, 0.25) is 5.02 Å². The van der Waals surface area contributed by atoms with Crippen molar-refractivity contribution in [2.45, 2.75) is 39.7 Å². The second kappa shape index (κ2) is 12.7. The van der Waals surface area contributed by atoms with E-state index >= 15 is 4.39 Å². The van der Waals surface area contributed by atoms with Gasteiger partial charge >= 0.3 is 0 Å². The van der Waals surface area contributed by atoms with Crippen LogP contribution in [-0.2, 0) is 4.79 Å². The number of aromatic nitrogens is 3. The van der Waals surface area contributed by atoms with Crippen LogP contribution in [0.4, 0.5) is 15.2 Å². The number of halogens is 2. The Kier molecular flexibility index (Phi) is 8.73. The molecular formula is C35H35ClFN7O3S. The van der Waals surface area contributed by atoms with Crippen LogP contribution in [0.15, 0.2) is 54.0 Å². The number of carbonyl (C=O) groups is 2. The van der Waals surface area contributed by atoms with Crippen molar-refractivity contribution in [1.29, 1.82) is 0 Å². The number of benzene rings is 2. The van der Waals surface area contributed by atoms with Crippen LogP contribution in [-0.4, -0.2) is 64.0 Å². The van der Waals surface area contributed by atoms with Crippen LogP contribution in [0.25, 0.3) is 37.9 Å². The number of rotatable bonds is 6. The minimum Gasteiger partial charge on any atom is -0.375 e. The first-order valence-corrected chi connectivity index (χ1v) is 16.7. The Morgan fingerprint density at radius 3 is 2.65 bits per heavy atom. The third-order valence-electron chi connectivity index (χ3n) is 8.81. The van der Waals surface area contributed by atoms with Gasteiger partial charge in [0.15, 0.2) is 10.9 Å². The van der Waals surface area contributed by atoms with Crippen molar-refractivity contribution < 1.29 is 14.0 Å². The molecule has 1 atom stereocenters. The number of amides is 2. The molecule has 1 aliphatic rings. The van der Waals surface area contributed by atoms with Crippen molar-refractivity contribution in [3.8, 4) is 16.8 Å². The van der Waals surface area contributed by atoms with E-state index < -0.39 is 17.3 Å². The maximum absolute atomic E-state index is 17.7. The molecule has 0 radical (unpaired) electrons. The number of para-hydroxylation sites is 1. The van der Waals surface area contributed by atoms with Crippen LogP contribution < -0.4 is 21.5 Å². The number of anilines is 2. The minimum atomic E-state index is -0.759. The molecule has 13 heteroatoms. The van der Waals surface area contributed by atoms with Crippen molar-refractivity contribution >= 4 is 66.7 Å². The van der Waals surface area contributed by atoms with Gasteiger partial charge in [-0.05, 0) is 49.6 Å². The summed E-state index contributed by atoms with van der Waals surface area (Å²) in [5, 5.41) is 3.26. The molecule has 0 bridgehead atoms. The summed E-state index contributed by atoms with van der Waals surface area (Å²) in [4.78, 5) is 53.8. The van der Waals surface area contributed by atoms with Gasteiger partial charge in [-0.2, -0.15) is 0 Å². The maximum Gasteiger partial charge on any atom is 0.270 e. The number of carbonyl (C=O) groups excluding carboxylic acids is 2. The van der Waals surface area contributed by atoms with Gasteiger partial charge in [-0.25, -0.2) is 9.37 Å². The molecule has 0 aliphatic carbocycles. The van der Waals surface area contributed by atoms with Crippen LogP contribution >= 0.6 is 22.9 Å². The summed E-state index contributed by atoms with van der Waals surface area (Å²) < 4.78 is 19.7. The Bertz CT molecular complexity index is 2210. The summed E-state index contributed by atoms with van der Waals surface area (Å²) in [5.74, 6) is -1.77. The third kappa shape index (κ3) is 5.29. The Labute approximate surface area is 285 Å². The number of nitrogens with two attached hydrogens (primary N) is 1. The Morgan fingerprint density at radius 1 is 1.23 bits per heavy atom. The van der Waals surface area contributed by atoms with Crippen molar-refractivity contribution in [2.75, 3.05) is 37.3 Å². The van der Waals surface area contributed by atoms with Crippen molar-refractivity contribution in [1.82, 2.24) is 24.8 Å². The van der Waals surface area contributed by atoms with Gasteiger partial charge in [-0.3, -0.25) is 23.9 Å². The number of hydrogen-bond donors (Lipinski definition) is 2. The third-order valence-corrected chi connectivity index (χ3v) is 9.96. The van der Waals surface area contributed by atoms with E-state index in [2.05, 4.69) is 21.9 Å². The monoisotopic (exact) mass is 687 g/mol. The first-order valence-electron chi connectivity index (χ1n) is 15.5. The highest BCUT2D eigenvalue weighted by Gasteiger charge is 2.35. The van der Waals surface area contributed by atoms with E-state index in [1.807, 2.05) is 38.7 Å². The summed E-state index contributed by atoms with van der Waals surface area (Å²) >= 11 is 8.28. The van der Waals surface area contributed by atoms with E-state index in [-0.39, 0.29) is 63.7 Å². The molecule has 3 aromatic heterocycles. The van der Waals surface area contributed by atoms with Gasteiger partial charge in [-0.1, -0.05) is 55.5 Å². The molecule has 4 heterocycles. The molecule has 0 saturated carbocycles. The summed E-state index contributed by atoms with van der Waals surface area (Å²) in [5.41, 5.74) is 7.91. The maximum atomic E-state index is 17.7. The number of thiazole rings is 1. The zero-order valence-electron chi connectivity index (χ0n) is 27.2. The molecule has 0 unspecified atom stereocenters. The molecular weight excluding hydrogens is 653 g/mol. The van der Waals surface area contributed by atoms with Crippen molar-refractivity contribution in [3.63, 3.8) is 0 Å². The van der Waals surface area contributed by atoms with Crippen LogP contribution in [0.3, 0.4) is 0 Å². The molecule has 0 spiro atoms. The number of pyridine rings is 2. The predicted molar refractivity (Wildman–Crippen MR) is 191 cm³/mol. The molecule has 6 rings (SSSR count). The molecule has 48 heavy (non-hydrogen) atoms. The van der Waals surface area contributed by atoms with Gasteiger partial charge in [0.2, 0.25) is 5.91 Å². The van der Waals surface area contributed by atoms with Crippen LogP contribution in [0.5, 0.6) is 0 Å². The fraction of sp³-hybridized carbons (Fsp3) is 0.286. The number of nitrogen functional groups attached to an aromatic ring is 1. The highest BCUT2D eigenvalue weighted by atomic mass is 35.5. The lowest BCUT2D eigenvalue weighted by Gasteiger charge is -2.41. The topological polar surface area (TPSA) is 126 Å². The number of nitrogens with zero attached hydrogens (tertiary/aromatic N) is 5. The largest absolute Gasteiger partial charge is 0.375 e. The zero-order valence-corrected chi connectivity index (χ0v) is 28.8. The number of nitrogens with one attached hydrogen (secondary N) is 1. The molecule has 1 aliphatic heterocycles. The molecule has 248 valence electrons. The Morgan fingerprint density at radius 2 is 1.98 bits per heavy atom. The molecule has 1 saturated heterocycles. The van der Waals surface area contributed by atoms with Gasteiger partial charge in [0.05, 0.1) is 37.8 Å². The highest BCUT2D eigenvalue weighted by Crippen LogP contribution is 2.44. The van der Waals surface area contributed by atoms with E-state index in [0.29, 0.717) is 39.7 Å².